The molecule has 5 heteroatoms. The van der Waals surface area contributed by atoms with E-state index in [2.05, 4.69) is 5.16 Å². The number of carboxylic acids is 1. The lowest BCUT2D eigenvalue weighted by atomic mass is 10.2. The Labute approximate surface area is 104 Å². The van der Waals surface area contributed by atoms with Gasteiger partial charge in [0.25, 0.3) is 0 Å². The molecule has 0 heterocycles. The Morgan fingerprint density at radius 3 is 2.88 bits per heavy atom. The molecule has 0 unspecified atom stereocenters. The van der Waals surface area contributed by atoms with Crippen molar-refractivity contribution in [3.8, 4) is 0 Å². The molecule has 0 aliphatic rings. The predicted molar refractivity (Wildman–Crippen MR) is 67.2 cm³/mol. The van der Waals surface area contributed by atoms with Gasteiger partial charge in [0.1, 0.15) is 6.61 Å². The van der Waals surface area contributed by atoms with E-state index in [-0.39, 0.29) is 12.3 Å². The number of hydrogen-bond acceptors (Lipinski definition) is 3. The molecule has 17 heavy (non-hydrogen) atoms. The lowest BCUT2D eigenvalue weighted by Crippen LogP contribution is -2.08. The van der Waals surface area contributed by atoms with Crippen molar-refractivity contribution < 1.29 is 14.7 Å². The Hall–Kier alpha value is -1.81. The fourth-order valence-corrected chi connectivity index (χ4v) is 1.20. The summed E-state index contributed by atoms with van der Waals surface area (Å²) in [4.78, 5) is 15.2. The number of halogens is 1. The maximum absolute atomic E-state index is 10.4. The molecule has 1 aromatic carbocycles. The van der Waals surface area contributed by atoms with Crippen molar-refractivity contribution in [3.05, 3.63) is 40.9 Å². The lowest BCUT2D eigenvalue weighted by Gasteiger charge is -1.97. The minimum atomic E-state index is -1.10. The maximum Gasteiger partial charge on any atom is 0.353 e. The van der Waals surface area contributed by atoms with Gasteiger partial charge in [-0.2, -0.15) is 0 Å². The largest absolute Gasteiger partial charge is 0.477 e. The average molecular weight is 254 g/mol. The third-order valence-electron chi connectivity index (χ3n) is 1.88. The molecule has 0 bridgehead atoms. The lowest BCUT2D eigenvalue weighted by molar-refractivity contribution is -0.129. The molecular weight excluding hydrogens is 242 g/mol. The highest BCUT2D eigenvalue weighted by Crippen LogP contribution is 2.15. The van der Waals surface area contributed by atoms with Crippen molar-refractivity contribution in [2.75, 3.05) is 6.61 Å². The third kappa shape index (κ3) is 4.70. The average Bonchev–Trinajstić information content (AvgIpc) is 2.30. The van der Waals surface area contributed by atoms with E-state index in [1.165, 1.54) is 6.92 Å². The van der Waals surface area contributed by atoms with Gasteiger partial charge in [-0.05, 0) is 24.6 Å². The Morgan fingerprint density at radius 2 is 2.24 bits per heavy atom. The Balaban J connectivity index is 2.45. The summed E-state index contributed by atoms with van der Waals surface area (Å²) in [5.41, 5.74) is 0.785. The van der Waals surface area contributed by atoms with Crippen molar-refractivity contribution in [3.63, 3.8) is 0 Å². The number of benzene rings is 1. The van der Waals surface area contributed by atoms with Gasteiger partial charge < -0.3 is 9.94 Å². The number of rotatable bonds is 5. The van der Waals surface area contributed by atoms with Gasteiger partial charge in [-0.25, -0.2) is 4.79 Å². The zero-order chi connectivity index (χ0) is 12.7. The monoisotopic (exact) mass is 253 g/mol. The van der Waals surface area contributed by atoms with Gasteiger partial charge in [0.15, 0.2) is 5.71 Å². The molecule has 1 N–H and O–H groups in total. The van der Waals surface area contributed by atoms with E-state index in [1.54, 1.807) is 18.2 Å². The van der Waals surface area contributed by atoms with Crippen molar-refractivity contribution in [1.29, 1.82) is 0 Å². The van der Waals surface area contributed by atoms with Gasteiger partial charge in [0, 0.05) is 5.02 Å². The SMILES string of the molecule is C/C(=N/OC/C=C/c1ccccc1Cl)C(=O)O. The molecule has 0 spiro atoms. The number of carbonyl (C=O) groups is 1. The summed E-state index contributed by atoms with van der Waals surface area (Å²) in [5, 5.41) is 12.6. The molecular formula is C12H12ClNO3. The van der Waals surface area contributed by atoms with Crippen LogP contribution in [0.15, 0.2) is 35.5 Å². The fraction of sp³-hybridized carbons (Fsp3) is 0.167. The third-order valence-corrected chi connectivity index (χ3v) is 2.23. The fourth-order valence-electron chi connectivity index (χ4n) is 1.00. The molecule has 0 saturated heterocycles. The maximum atomic E-state index is 10.4. The summed E-state index contributed by atoms with van der Waals surface area (Å²) in [5.74, 6) is -1.10. The molecule has 4 nitrogen and oxygen atoms in total. The van der Waals surface area contributed by atoms with E-state index >= 15 is 0 Å². The number of oxime groups is 1. The van der Waals surface area contributed by atoms with Gasteiger partial charge in [-0.1, -0.05) is 41.0 Å². The first kappa shape index (κ1) is 13.3. The smallest absolute Gasteiger partial charge is 0.353 e. The van der Waals surface area contributed by atoms with Crippen molar-refractivity contribution in [2.45, 2.75) is 6.92 Å². The van der Waals surface area contributed by atoms with Gasteiger partial charge >= 0.3 is 5.97 Å². The standard InChI is InChI=1S/C12H12ClNO3/c1-9(12(15)16)14-17-8-4-6-10-5-2-3-7-11(10)13/h2-7H,8H2,1H3,(H,15,16)/b6-4+,14-9-. The van der Waals surface area contributed by atoms with E-state index in [0.29, 0.717) is 5.02 Å². The summed E-state index contributed by atoms with van der Waals surface area (Å²) >= 11 is 5.93. The normalized spacial score (nSPS) is 11.8. The van der Waals surface area contributed by atoms with Crippen molar-refractivity contribution >= 4 is 29.4 Å². The van der Waals surface area contributed by atoms with Crippen LogP contribution in [0.3, 0.4) is 0 Å². The number of aliphatic carboxylic acids is 1. The summed E-state index contributed by atoms with van der Waals surface area (Å²) in [6.07, 6.45) is 3.49. The van der Waals surface area contributed by atoms with Crippen LogP contribution in [-0.4, -0.2) is 23.4 Å². The second kappa shape index (κ2) is 6.70. The molecule has 0 aliphatic carbocycles. The predicted octanol–water partition coefficient (Wildman–Crippen LogP) is 2.83. The molecule has 1 rings (SSSR count). The van der Waals surface area contributed by atoms with Crippen molar-refractivity contribution in [1.82, 2.24) is 0 Å². The molecule has 0 radical (unpaired) electrons. The van der Waals surface area contributed by atoms with Crippen LogP contribution in [0, 0.1) is 0 Å². The number of carboxylic acid groups (broad SMARTS) is 1. The van der Waals surface area contributed by atoms with Crippen LogP contribution in [-0.2, 0) is 9.63 Å². The van der Waals surface area contributed by atoms with Gasteiger partial charge in [-0.3, -0.25) is 0 Å². The highest BCUT2D eigenvalue weighted by molar-refractivity contribution is 6.34. The van der Waals surface area contributed by atoms with Gasteiger partial charge in [0.2, 0.25) is 0 Å². The van der Waals surface area contributed by atoms with Crippen LogP contribution in [0.5, 0.6) is 0 Å². The van der Waals surface area contributed by atoms with E-state index in [1.807, 2.05) is 18.2 Å². The van der Waals surface area contributed by atoms with Crippen LogP contribution >= 0.6 is 11.6 Å². The van der Waals surface area contributed by atoms with Crippen LogP contribution < -0.4 is 0 Å². The Bertz CT molecular complexity index is 455. The van der Waals surface area contributed by atoms with Gasteiger partial charge in [0.05, 0.1) is 0 Å². The summed E-state index contributed by atoms with van der Waals surface area (Å²) < 4.78 is 0. The molecule has 90 valence electrons. The van der Waals surface area contributed by atoms with E-state index in [9.17, 15) is 4.79 Å². The van der Waals surface area contributed by atoms with Crippen LogP contribution in [0.1, 0.15) is 12.5 Å². The molecule has 0 aliphatic heterocycles. The first-order valence-corrected chi connectivity index (χ1v) is 5.30. The summed E-state index contributed by atoms with van der Waals surface area (Å²) in [6.45, 7) is 1.55. The zero-order valence-corrected chi connectivity index (χ0v) is 10.0. The second-order valence-corrected chi connectivity index (χ2v) is 3.61. The number of hydrogen-bond donors (Lipinski definition) is 1. The molecule has 0 saturated carbocycles. The van der Waals surface area contributed by atoms with E-state index < -0.39 is 5.97 Å². The highest BCUT2D eigenvalue weighted by Gasteiger charge is 2.00. The second-order valence-electron chi connectivity index (χ2n) is 3.20. The highest BCUT2D eigenvalue weighted by atomic mass is 35.5. The van der Waals surface area contributed by atoms with E-state index in [4.69, 9.17) is 21.5 Å². The first-order chi connectivity index (χ1) is 8.11. The summed E-state index contributed by atoms with van der Waals surface area (Å²) in [6, 6.07) is 7.37. The molecule has 0 aromatic heterocycles. The Morgan fingerprint density at radius 1 is 1.53 bits per heavy atom. The first-order valence-electron chi connectivity index (χ1n) is 4.92. The van der Waals surface area contributed by atoms with Crippen molar-refractivity contribution in [2.24, 2.45) is 5.16 Å². The molecule has 0 atom stereocenters. The Kier molecular flexibility index (Phi) is 5.23. The quantitative estimate of drug-likeness (QED) is 0.499. The van der Waals surface area contributed by atoms with E-state index in [0.717, 1.165) is 5.56 Å². The molecule has 1 aromatic rings. The molecule has 0 amide bonds. The minimum absolute atomic E-state index is 0.0869. The van der Waals surface area contributed by atoms with Gasteiger partial charge in [-0.15, -0.1) is 0 Å². The topological polar surface area (TPSA) is 58.9 Å². The minimum Gasteiger partial charge on any atom is -0.477 e. The summed E-state index contributed by atoms with van der Waals surface area (Å²) in [7, 11) is 0. The van der Waals surface area contributed by atoms with Crippen LogP contribution in [0.4, 0.5) is 0 Å². The van der Waals surface area contributed by atoms with Crippen LogP contribution in [0.25, 0.3) is 6.08 Å². The molecule has 0 fully saturated rings. The van der Waals surface area contributed by atoms with Crippen LogP contribution in [0.2, 0.25) is 5.02 Å². The zero-order valence-electron chi connectivity index (χ0n) is 9.26. The number of nitrogens with zero attached hydrogens (tertiary/aromatic N) is 1.